The third kappa shape index (κ3) is 3.93. The van der Waals surface area contributed by atoms with Crippen molar-refractivity contribution in [3.8, 4) is 51.7 Å². The van der Waals surface area contributed by atoms with E-state index in [1.807, 2.05) is 18.2 Å². The van der Waals surface area contributed by atoms with E-state index in [9.17, 15) is 10.4 Å². The molecule has 0 saturated carbocycles. The van der Waals surface area contributed by atoms with Gasteiger partial charge in [0.2, 0.25) is 0 Å². The molecule has 6 nitrogen and oxygen atoms in total. The zero-order valence-corrected chi connectivity index (χ0v) is 16.6. The Morgan fingerprint density at radius 2 is 1.57 bits per heavy atom. The highest BCUT2D eigenvalue weighted by molar-refractivity contribution is 6.30. The van der Waals surface area contributed by atoms with Crippen molar-refractivity contribution in [2.24, 2.45) is 0 Å². The van der Waals surface area contributed by atoms with Gasteiger partial charge in [-0.2, -0.15) is 5.26 Å². The SMILES string of the molecule is COc1ccc(-c2nc(-c3ccc(Cl)cc3)nc(-c3cccc(C#N)c3)n2)c(O)c1. The minimum atomic E-state index is -0.0145. The number of phenolic OH excluding ortho intramolecular Hbond substituents is 1. The highest BCUT2D eigenvalue weighted by Crippen LogP contribution is 2.32. The summed E-state index contributed by atoms with van der Waals surface area (Å²) in [6, 6.07) is 21.1. The number of hydrogen-bond acceptors (Lipinski definition) is 6. The quantitative estimate of drug-likeness (QED) is 0.498. The molecule has 0 atom stereocenters. The molecule has 3 aromatic carbocycles. The summed E-state index contributed by atoms with van der Waals surface area (Å²) in [5, 5.41) is 20.3. The molecule has 0 fully saturated rings. The standard InChI is InChI=1S/C23H15ClN4O2/c1-30-18-9-10-19(20(29)12-18)23-27-21(15-5-7-17(24)8-6-15)26-22(28-23)16-4-2-3-14(11-16)13-25/h2-12,29H,1H3. The molecule has 30 heavy (non-hydrogen) atoms. The molecule has 0 aliphatic carbocycles. The van der Waals surface area contributed by atoms with Crippen LogP contribution in [0.1, 0.15) is 5.56 Å². The highest BCUT2D eigenvalue weighted by atomic mass is 35.5. The maximum atomic E-state index is 10.5. The van der Waals surface area contributed by atoms with E-state index in [4.69, 9.17) is 16.3 Å². The van der Waals surface area contributed by atoms with Crippen LogP contribution in [0.5, 0.6) is 11.5 Å². The number of halogens is 1. The van der Waals surface area contributed by atoms with Gasteiger partial charge in [-0.15, -0.1) is 0 Å². The summed E-state index contributed by atoms with van der Waals surface area (Å²) in [5.74, 6) is 1.61. The average molecular weight is 415 g/mol. The second kappa shape index (κ2) is 8.19. The van der Waals surface area contributed by atoms with Crippen molar-refractivity contribution in [3.05, 3.63) is 77.3 Å². The number of rotatable bonds is 4. The topological polar surface area (TPSA) is 91.9 Å². The van der Waals surface area contributed by atoms with Gasteiger partial charge < -0.3 is 9.84 Å². The zero-order valence-electron chi connectivity index (χ0n) is 15.9. The molecule has 0 spiro atoms. The Morgan fingerprint density at radius 1 is 0.867 bits per heavy atom. The number of nitrogens with zero attached hydrogens (tertiary/aromatic N) is 4. The number of ether oxygens (including phenoxy) is 1. The molecule has 0 radical (unpaired) electrons. The fraction of sp³-hybridized carbons (Fsp3) is 0.0435. The second-order valence-corrected chi connectivity index (χ2v) is 6.83. The van der Waals surface area contributed by atoms with Crippen LogP contribution in [0.3, 0.4) is 0 Å². The first-order chi connectivity index (χ1) is 14.6. The van der Waals surface area contributed by atoms with Crippen LogP contribution in [0, 0.1) is 11.3 Å². The zero-order chi connectivity index (χ0) is 21.1. The third-order valence-electron chi connectivity index (χ3n) is 4.43. The Labute approximate surface area is 178 Å². The van der Waals surface area contributed by atoms with Gasteiger partial charge in [-0.3, -0.25) is 0 Å². The molecular weight excluding hydrogens is 400 g/mol. The van der Waals surface area contributed by atoms with Crippen LogP contribution in [0.2, 0.25) is 5.02 Å². The minimum Gasteiger partial charge on any atom is -0.507 e. The van der Waals surface area contributed by atoms with Crippen molar-refractivity contribution in [1.82, 2.24) is 15.0 Å². The normalized spacial score (nSPS) is 10.4. The molecule has 1 N–H and O–H groups in total. The Kier molecular flexibility index (Phi) is 5.29. The molecule has 1 heterocycles. The lowest BCUT2D eigenvalue weighted by atomic mass is 10.1. The predicted molar refractivity (Wildman–Crippen MR) is 114 cm³/mol. The number of aromatic hydroxyl groups is 1. The first-order valence-corrected chi connectivity index (χ1v) is 9.35. The molecule has 146 valence electrons. The second-order valence-electron chi connectivity index (χ2n) is 6.39. The molecule has 4 aromatic rings. The van der Waals surface area contributed by atoms with Gasteiger partial charge >= 0.3 is 0 Å². The van der Waals surface area contributed by atoms with E-state index in [1.54, 1.807) is 42.5 Å². The molecule has 0 saturated heterocycles. The van der Waals surface area contributed by atoms with Crippen molar-refractivity contribution in [2.75, 3.05) is 7.11 Å². The van der Waals surface area contributed by atoms with Crippen molar-refractivity contribution in [1.29, 1.82) is 5.26 Å². The average Bonchev–Trinajstić information content (AvgIpc) is 2.79. The van der Waals surface area contributed by atoms with Crippen LogP contribution in [-0.4, -0.2) is 27.2 Å². The smallest absolute Gasteiger partial charge is 0.167 e. The van der Waals surface area contributed by atoms with E-state index in [2.05, 4.69) is 21.0 Å². The summed E-state index contributed by atoms with van der Waals surface area (Å²) in [7, 11) is 1.52. The van der Waals surface area contributed by atoms with E-state index >= 15 is 0 Å². The maximum absolute atomic E-state index is 10.5. The van der Waals surface area contributed by atoms with Gasteiger partial charge in [0.25, 0.3) is 0 Å². The lowest BCUT2D eigenvalue weighted by Gasteiger charge is -2.10. The van der Waals surface area contributed by atoms with Gasteiger partial charge in [-0.1, -0.05) is 23.7 Å². The van der Waals surface area contributed by atoms with Gasteiger partial charge in [0.1, 0.15) is 11.5 Å². The summed E-state index contributed by atoms with van der Waals surface area (Å²) >= 11 is 6.01. The Hall–Kier alpha value is -3.95. The number of phenols is 1. The fourth-order valence-electron chi connectivity index (χ4n) is 2.91. The van der Waals surface area contributed by atoms with Crippen LogP contribution in [0.25, 0.3) is 34.2 Å². The van der Waals surface area contributed by atoms with Gasteiger partial charge in [0.15, 0.2) is 17.5 Å². The highest BCUT2D eigenvalue weighted by Gasteiger charge is 2.15. The molecule has 1 aromatic heterocycles. The summed E-state index contributed by atoms with van der Waals surface area (Å²) in [6.07, 6.45) is 0. The van der Waals surface area contributed by atoms with Crippen molar-refractivity contribution in [2.45, 2.75) is 0 Å². The monoisotopic (exact) mass is 414 g/mol. The van der Waals surface area contributed by atoms with Gasteiger partial charge in [-0.25, -0.2) is 15.0 Å². The molecule has 0 unspecified atom stereocenters. The summed E-state index contributed by atoms with van der Waals surface area (Å²) < 4.78 is 5.15. The minimum absolute atomic E-state index is 0.0145. The predicted octanol–water partition coefficient (Wildman–Crippen LogP) is 5.11. The first-order valence-electron chi connectivity index (χ1n) is 8.97. The van der Waals surface area contributed by atoms with E-state index in [1.165, 1.54) is 13.2 Å². The van der Waals surface area contributed by atoms with Crippen LogP contribution >= 0.6 is 11.6 Å². The summed E-state index contributed by atoms with van der Waals surface area (Å²) in [4.78, 5) is 13.7. The first kappa shape index (κ1) is 19.4. The Bertz CT molecular complexity index is 1270. The van der Waals surface area contributed by atoms with Crippen LogP contribution in [-0.2, 0) is 0 Å². The lowest BCUT2D eigenvalue weighted by Crippen LogP contribution is -2.00. The molecule has 4 rings (SSSR count). The van der Waals surface area contributed by atoms with Crippen molar-refractivity contribution >= 4 is 11.6 Å². The fourth-order valence-corrected chi connectivity index (χ4v) is 3.03. The van der Waals surface area contributed by atoms with E-state index in [0.717, 1.165) is 5.56 Å². The third-order valence-corrected chi connectivity index (χ3v) is 4.69. The van der Waals surface area contributed by atoms with E-state index in [-0.39, 0.29) is 5.75 Å². The molecule has 0 aliphatic rings. The lowest BCUT2D eigenvalue weighted by molar-refractivity contribution is 0.408. The molecular formula is C23H15ClN4O2. The Balaban J connectivity index is 1.92. The Morgan fingerprint density at radius 3 is 2.23 bits per heavy atom. The van der Waals surface area contributed by atoms with Crippen LogP contribution in [0.4, 0.5) is 0 Å². The number of aromatic nitrogens is 3. The number of nitriles is 1. The largest absolute Gasteiger partial charge is 0.507 e. The summed E-state index contributed by atoms with van der Waals surface area (Å²) in [6.45, 7) is 0. The number of methoxy groups -OCH3 is 1. The van der Waals surface area contributed by atoms with E-state index < -0.39 is 0 Å². The van der Waals surface area contributed by atoms with Crippen molar-refractivity contribution < 1.29 is 9.84 Å². The molecule has 7 heteroatoms. The summed E-state index contributed by atoms with van der Waals surface area (Å²) in [5.41, 5.74) is 2.34. The molecule has 0 aliphatic heterocycles. The molecule has 0 amide bonds. The van der Waals surface area contributed by atoms with Gasteiger partial charge in [-0.05, 0) is 48.5 Å². The van der Waals surface area contributed by atoms with Crippen LogP contribution < -0.4 is 4.74 Å². The van der Waals surface area contributed by atoms with Gasteiger partial charge in [0, 0.05) is 22.2 Å². The number of hydrogen-bond donors (Lipinski definition) is 1. The van der Waals surface area contributed by atoms with Gasteiger partial charge in [0.05, 0.1) is 24.3 Å². The number of benzene rings is 3. The molecule has 0 bridgehead atoms. The maximum Gasteiger partial charge on any atom is 0.167 e. The van der Waals surface area contributed by atoms with E-state index in [0.29, 0.717) is 44.9 Å². The van der Waals surface area contributed by atoms with Crippen molar-refractivity contribution in [3.63, 3.8) is 0 Å². The van der Waals surface area contributed by atoms with Crippen LogP contribution in [0.15, 0.2) is 66.7 Å².